The van der Waals surface area contributed by atoms with Crippen molar-refractivity contribution >= 4 is 23.9 Å². The van der Waals surface area contributed by atoms with Gasteiger partial charge in [0.05, 0.1) is 6.04 Å². The van der Waals surface area contributed by atoms with Crippen LogP contribution in [0.4, 0.5) is 5.82 Å². The summed E-state index contributed by atoms with van der Waals surface area (Å²) in [4.78, 5) is 41.7. The summed E-state index contributed by atoms with van der Waals surface area (Å²) in [7, 11) is 0. The Bertz CT molecular complexity index is 678. The molecule has 0 saturated heterocycles. The fourth-order valence-electron chi connectivity index (χ4n) is 3.85. The number of Topliss-reactive ketones (excluding diaryl/α,β-unsaturated/α-hetero) is 1. The highest BCUT2D eigenvalue weighted by atomic mass is 16.5. The second kappa shape index (κ2) is 12.4. The van der Waals surface area contributed by atoms with Crippen LogP contribution in [0.25, 0.3) is 0 Å². The highest BCUT2D eigenvalue weighted by Gasteiger charge is 2.37. The molecule has 0 saturated carbocycles. The van der Waals surface area contributed by atoms with Gasteiger partial charge in [-0.15, -0.1) is 0 Å². The van der Waals surface area contributed by atoms with Gasteiger partial charge in [0, 0.05) is 24.5 Å². The minimum absolute atomic E-state index is 0.00818. The maximum Gasteiger partial charge on any atom is 0.233 e. The number of rotatable bonds is 13. The average molecular weight is 420 g/mol. The van der Waals surface area contributed by atoms with Crippen LogP contribution in [0.1, 0.15) is 60.8 Å². The van der Waals surface area contributed by atoms with E-state index in [9.17, 15) is 19.6 Å². The molecule has 7 nitrogen and oxygen atoms in total. The Hall–Kier alpha value is -2.28. The van der Waals surface area contributed by atoms with Crippen molar-refractivity contribution in [2.45, 2.75) is 66.8 Å². The first kappa shape index (κ1) is 25.8. The van der Waals surface area contributed by atoms with Crippen LogP contribution in [-0.2, 0) is 14.4 Å². The highest BCUT2D eigenvalue weighted by Crippen LogP contribution is 2.30. The second-order valence-corrected chi connectivity index (χ2v) is 8.82. The molecule has 0 aliphatic rings. The molecule has 1 heterocycles. The molecular formula is C23H37N3O4. The van der Waals surface area contributed by atoms with E-state index in [0.717, 1.165) is 6.42 Å². The molecule has 0 fully saturated rings. The molecule has 30 heavy (non-hydrogen) atoms. The SMILES string of the molecule is CC[C@H](C)[C@H](CC(=O)[C@H](CC(C)C)[C@H](C(C)C)N(O)C=O)C(=O)Nc1ccccn1. The van der Waals surface area contributed by atoms with Gasteiger partial charge in [-0.2, -0.15) is 0 Å². The molecule has 7 heteroatoms. The molecule has 1 rings (SSSR count). The smallest absolute Gasteiger partial charge is 0.233 e. The van der Waals surface area contributed by atoms with Crippen molar-refractivity contribution in [3.63, 3.8) is 0 Å². The molecular weight excluding hydrogens is 382 g/mol. The molecule has 2 N–H and O–H groups in total. The molecule has 0 spiro atoms. The van der Waals surface area contributed by atoms with Gasteiger partial charge >= 0.3 is 0 Å². The zero-order chi connectivity index (χ0) is 22.8. The predicted molar refractivity (Wildman–Crippen MR) is 117 cm³/mol. The Labute approximate surface area is 180 Å². The van der Waals surface area contributed by atoms with Gasteiger partial charge < -0.3 is 5.32 Å². The summed E-state index contributed by atoms with van der Waals surface area (Å²) in [6, 6.07) is 4.63. The maximum atomic E-state index is 13.4. The first-order valence-corrected chi connectivity index (χ1v) is 10.8. The van der Waals surface area contributed by atoms with Crippen LogP contribution in [-0.4, -0.2) is 39.4 Å². The quantitative estimate of drug-likeness (QED) is 0.284. The minimum Gasteiger partial charge on any atom is -0.310 e. The molecule has 0 unspecified atom stereocenters. The molecule has 1 aromatic rings. The first-order chi connectivity index (χ1) is 14.1. The molecule has 0 radical (unpaired) electrons. The highest BCUT2D eigenvalue weighted by molar-refractivity contribution is 5.95. The molecule has 2 amide bonds. The minimum atomic E-state index is -0.631. The van der Waals surface area contributed by atoms with Crippen LogP contribution in [0.3, 0.4) is 0 Å². The Morgan fingerprint density at radius 3 is 2.30 bits per heavy atom. The summed E-state index contributed by atoms with van der Waals surface area (Å²) < 4.78 is 0. The number of aromatic nitrogens is 1. The fourth-order valence-corrected chi connectivity index (χ4v) is 3.85. The van der Waals surface area contributed by atoms with E-state index < -0.39 is 17.9 Å². The molecule has 168 valence electrons. The molecule has 0 aliphatic carbocycles. The van der Waals surface area contributed by atoms with Crippen LogP contribution in [0.2, 0.25) is 0 Å². The number of carbonyl (C=O) groups excluding carboxylic acids is 3. The summed E-state index contributed by atoms with van der Waals surface area (Å²) in [6.45, 7) is 11.7. The van der Waals surface area contributed by atoms with Gasteiger partial charge in [0.15, 0.2) is 0 Å². The molecule has 0 aromatic carbocycles. The molecule has 0 aliphatic heterocycles. The van der Waals surface area contributed by atoms with Gasteiger partial charge in [-0.05, 0) is 36.3 Å². The van der Waals surface area contributed by atoms with E-state index in [0.29, 0.717) is 23.7 Å². The third kappa shape index (κ3) is 7.52. The monoisotopic (exact) mass is 419 g/mol. The van der Waals surface area contributed by atoms with Crippen LogP contribution < -0.4 is 5.32 Å². The van der Waals surface area contributed by atoms with Crippen molar-refractivity contribution in [1.29, 1.82) is 0 Å². The Balaban J connectivity index is 3.12. The summed E-state index contributed by atoms with van der Waals surface area (Å²) >= 11 is 0. The zero-order valence-electron chi connectivity index (χ0n) is 19.0. The number of ketones is 1. The Kier molecular flexibility index (Phi) is 10.7. The number of hydroxylamine groups is 2. The van der Waals surface area contributed by atoms with E-state index >= 15 is 0 Å². The summed E-state index contributed by atoms with van der Waals surface area (Å²) in [6.07, 6.45) is 3.28. The normalized spacial score (nSPS) is 15.4. The van der Waals surface area contributed by atoms with Gasteiger partial charge in [-0.1, -0.05) is 54.0 Å². The maximum absolute atomic E-state index is 13.4. The summed E-state index contributed by atoms with van der Waals surface area (Å²) in [5, 5.41) is 13.6. The van der Waals surface area contributed by atoms with Crippen molar-refractivity contribution in [2.75, 3.05) is 5.32 Å². The molecule has 0 bridgehead atoms. The van der Waals surface area contributed by atoms with Gasteiger partial charge in [0.1, 0.15) is 11.6 Å². The number of pyridine rings is 1. The molecule has 1 aromatic heterocycles. The van der Waals surface area contributed by atoms with Crippen LogP contribution in [0, 0.1) is 29.6 Å². The lowest BCUT2D eigenvalue weighted by Gasteiger charge is -2.34. The van der Waals surface area contributed by atoms with Gasteiger partial charge in [0.25, 0.3) is 0 Å². The fraction of sp³-hybridized carbons (Fsp3) is 0.652. The third-order valence-electron chi connectivity index (χ3n) is 5.65. The van der Waals surface area contributed by atoms with E-state index in [2.05, 4.69) is 10.3 Å². The van der Waals surface area contributed by atoms with Gasteiger partial charge in [-0.25, -0.2) is 10.0 Å². The summed E-state index contributed by atoms with van der Waals surface area (Å²) in [5.74, 6) is -0.885. The predicted octanol–water partition coefficient (Wildman–Crippen LogP) is 4.18. The van der Waals surface area contributed by atoms with Crippen molar-refractivity contribution in [1.82, 2.24) is 10.0 Å². The lowest BCUT2D eigenvalue weighted by molar-refractivity contribution is -0.173. The standard InChI is InChI=1S/C23H37N3O4/c1-7-17(6)18(23(29)25-21-10-8-9-11-24-21)13-20(28)19(12-15(2)3)22(16(4)5)26(30)14-27/h8-11,14-19,22,30H,7,12-13H2,1-6H3,(H,24,25,29)/t17-,18-,19-,22-/m0/s1. The summed E-state index contributed by atoms with van der Waals surface area (Å²) in [5.41, 5.74) is 0. The van der Waals surface area contributed by atoms with Crippen molar-refractivity contribution in [3.05, 3.63) is 24.4 Å². The Morgan fingerprint density at radius 2 is 1.83 bits per heavy atom. The third-order valence-corrected chi connectivity index (χ3v) is 5.65. The topological polar surface area (TPSA) is 99.6 Å². The number of carbonyl (C=O) groups is 3. The van der Waals surface area contributed by atoms with Crippen molar-refractivity contribution in [3.8, 4) is 0 Å². The van der Waals surface area contributed by atoms with E-state index in [1.807, 2.05) is 41.5 Å². The number of anilines is 1. The van der Waals surface area contributed by atoms with Crippen LogP contribution in [0.15, 0.2) is 24.4 Å². The van der Waals surface area contributed by atoms with Crippen molar-refractivity contribution in [2.24, 2.45) is 29.6 Å². The van der Waals surface area contributed by atoms with E-state index in [-0.39, 0.29) is 35.9 Å². The lowest BCUT2D eigenvalue weighted by Crippen LogP contribution is -2.46. The van der Waals surface area contributed by atoms with Gasteiger partial charge in [0.2, 0.25) is 12.3 Å². The average Bonchev–Trinajstić information content (AvgIpc) is 2.70. The number of hydrogen-bond donors (Lipinski definition) is 2. The van der Waals surface area contributed by atoms with E-state index in [4.69, 9.17) is 0 Å². The van der Waals surface area contributed by atoms with E-state index in [1.165, 1.54) is 0 Å². The number of nitrogens with one attached hydrogen (secondary N) is 1. The van der Waals surface area contributed by atoms with Gasteiger partial charge in [-0.3, -0.25) is 19.6 Å². The second-order valence-electron chi connectivity index (χ2n) is 8.82. The first-order valence-electron chi connectivity index (χ1n) is 10.8. The molecule has 4 atom stereocenters. The van der Waals surface area contributed by atoms with E-state index in [1.54, 1.807) is 24.4 Å². The number of amides is 2. The largest absolute Gasteiger partial charge is 0.310 e. The lowest BCUT2D eigenvalue weighted by atomic mass is 9.77. The van der Waals surface area contributed by atoms with Crippen molar-refractivity contribution < 1.29 is 19.6 Å². The number of nitrogens with zero attached hydrogens (tertiary/aromatic N) is 2. The van der Waals surface area contributed by atoms with Crippen LogP contribution >= 0.6 is 0 Å². The zero-order valence-corrected chi connectivity index (χ0v) is 19.0. The number of hydrogen-bond acceptors (Lipinski definition) is 5. The Morgan fingerprint density at radius 1 is 1.17 bits per heavy atom. The van der Waals surface area contributed by atoms with Crippen LogP contribution in [0.5, 0.6) is 0 Å².